The highest BCUT2D eigenvalue weighted by atomic mass is 35.5. The zero-order valence-corrected chi connectivity index (χ0v) is 10.1. The first kappa shape index (κ1) is 11.0. The number of alkyl halides is 1. The van der Waals surface area contributed by atoms with E-state index in [0.29, 0.717) is 11.4 Å². The maximum atomic E-state index is 5.95. The highest BCUT2D eigenvalue weighted by Crippen LogP contribution is 2.26. The standard InChI is InChI=1S/C13H18ClN/c1-9-4-3-5-10(2)13(9)8-15-12-6-11(14)7-12/h3-5,11-12,15H,6-8H2,1-2H3. The third-order valence-corrected chi connectivity index (χ3v) is 3.65. The highest BCUT2D eigenvalue weighted by molar-refractivity contribution is 6.21. The summed E-state index contributed by atoms with van der Waals surface area (Å²) in [4.78, 5) is 0. The topological polar surface area (TPSA) is 12.0 Å². The Balaban J connectivity index is 1.93. The molecule has 0 heterocycles. The average molecular weight is 224 g/mol. The first-order valence-electron chi connectivity index (χ1n) is 5.59. The molecule has 1 aromatic rings. The summed E-state index contributed by atoms with van der Waals surface area (Å²) in [6.45, 7) is 5.33. The number of nitrogens with one attached hydrogen (secondary N) is 1. The van der Waals surface area contributed by atoms with E-state index in [9.17, 15) is 0 Å². The first-order chi connectivity index (χ1) is 7.16. The van der Waals surface area contributed by atoms with Gasteiger partial charge in [-0.1, -0.05) is 18.2 Å². The Hall–Kier alpha value is -0.530. The van der Waals surface area contributed by atoms with E-state index in [-0.39, 0.29) is 0 Å². The van der Waals surface area contributed by atoms with E-state index in [1.54, 1.807) is 0 Å². The molecule has 1 nitrogen and oxygen atoms in total. The Morgan fingerprint density at radius 2 is 1.87 bits per heavy atom. The summed E-state index contributed by atoms with van der Waals surface area (Å²) in [5.41, 5.74) is 4.20. The van der Waals surface area contributed by atoms with Gasteiger partial charge in [-0.3, -0.25) is 0 Å². The zero-order valence-electron chi connectivity index (χ0n) is 9.39. The molecule has 2 heteroatoms. The molecule has 0 atom stereocenters. The fourth-order valence-corrected chi connectivity index (χ4v) is 2.52. The molecule has 0 unspecified atom stereocenters. The van der Waals surface area contributed by atoms with Crippen LogP contribution in [0, 0.1) is 13.8 Å². The van der Waals surface area contributed by atoms with Gasteiger partial charge >= 0.3 is 0 Å². The van der Waals surface area contributed by atoms with Crippen molar-refractivity contribution >= 4 is 11.6 Å². The molecule has 1 saturated carbocycles. The van der Waals surface area contributed by atoms with Gasteiger partial charge in [-0.2, -0.15) is 0 Å². The molecular weight excluding hydrogens is 206 g/mol. The number of aryl methyl sites for hydroxylation is 2. The molecule has 1 N–H and O–H groups in total. The lowest BCUT2D eigenvalue weighted by atomic mass is 9.92. The number of hydrogen-bond donors (Lipinski definition) is 1. The minimum atomic E-state index is 0.403. The van der Waals surface area contributed by atoms with Crippen LogP contribution >= 0.6 is 11.6 Å². The predicted octanol–water partition coefficient (Wildman–Crippen LogP) is 3.16. The maximum Gasteiger partial charge on any atom is 0.0365 e. The van der Waals surface area contributed by atoms with Gasteiger partial charge in [0, 0.05) is 18.0 Å². The largest absolute Gasteiger partial charge is 0.310 e. The SMILES string of the molecule is Cc1cccc(C)c1CNC1CC(Cl)C1. The summed E-state index contributed by atoms with van der Waals surface area (Å²) in [5.74, 6) is 0. The Bertz CT molecular complexity index is 322. The van der Waals surface area contributed by atoms with Crippen LogP contribution in [0.1, 0.15) is 29.5 Å². The maximum absolute atomic E-state index is 5.95. The van der Waals surface area contributed by atoms with Crippen LogP contribution in [0.25, 0.3) is 0 Å². The molecule has 0 spiro atoms. The summed E-state index contributed by atoms with van der Waals surface area (Å²) in [6, 6.07) is 7.10. The van der Waals surface area contributed by atoms with E-state index in [4.69, 9.17) is 11.6 Å². The van der Waals surface area contributed by atoms with Gasteiger partial charge in [0.25, 0.3) is 0 Å². The van der Waals surface area contributed by atoms with Crippen LogP contribution in [0.3, 0.4) is 0 Å². The second kappa shape index (κ2) is 4.54. The van der Waals surface area contributed by atoms with E-state index in [0.717, 1.165) is 19.4 Å². The number of hydrogen-bond acceptors (Lipinski definition) is 1. The van der Waals surface area contributed by atoms with Gasteiger partial charge in [0.1, 0.15) is 0 Å². The molecule has 1 fully saturated rings. The second-order valence-electron chi connectivity index (χ2n) is 4.52. The monoisotopic (exact) mass is 223 g/mol. The third kappa shape index (κ3) is 2.53. The summed E-state index contributed by atoms with van der Waals surface area (Å²) in [6.07, 6.45) is 2.24. The normalized spacial score (nSPS) is 25.0. The van der Waals surface area contributed by atoms with Gasteiger partial charge in [-0.25, -0.2) is 0 Å². The van der Waals surface area contributed by atoms with Crippen LogP contribution in [0.5, 0.6) is 0 Å². The van der Waals surface area contributed by atoms with Crippen molar-refractivity contribution in [1.29, 1.82) is 0 Å². The van der Waals surface area contributed by atoms with Crippen molar-refractivity contribution in [2.24, 2.45) is 0 Å². The Morgan fingerprint density at radius 1 is 1.27 bits per heavy atom. The van der Waals surface area contributed by atoms with Crippen molar-refractivity contribution in [3.8, 4) is 0 Å². The minimum absolute atomic E-state index is 0.403. The van der Waals surface area contributed by atoms with Crippen LogP contribution in [-0.2, 0) is 6.54 Å². The van der Waals surface area contributed by atoms with Crippen molar-refractivity contribution in [2.45, 2.75) is 44.7 Å². The highest BCUT2D eigenvalue weighted by Gasteiger charge is 2.26. The van der Waals surface area contributed by atoms with Crippen LogP contribution < -0.4 is 5.32 Å². The Kier molecular flexibility index (Phi) is 3.32. The summed E-state index contributed by atoms with van der Waals surface area (Å²) in [5, 5.41) is 3.97. The van der Waals surface area contributed by atoms with Gasteiger partial charge in [0.05, 0.1) is 0 Å². The van der Waals surface area contributed by atoms with E-state index in [1.807, 2.05) is 0 Å². The molecule has 0 saturated heterocycles. The molecule has 15 heavy (non-hydrogen) atoms. The van der Waals surface area contributed by atoms with Gasteiger partial charge in [-0.05, 0) is 43.4 Å². The molecule has 0 radical (unpaired) electrons. The van der Waals surface area contributed by atoms with E-state index in [2.05, 4.69) is 37.4 Å². The van der Waals surface area contributed by atoms with Gasteiger partial charge in [-0.15, -0.1) is 11.6 Å². The van der Waals surface area contributed by atoms with Crippen LogP contribution in [0.2, 0.25) is 0 Å². The molecule has 2 rings (SSSR count). The number of rotatable bonds is 3. The lowest BCUT2D eigenvalue weighted by molar-refractivity contribution is 0.344. The average Bonchev–Trinajstić information content (AvgIpc) is 2.14. The molecule has 1 aromatic carbocycles. The van der Waals surface area contributed by atoms with Crippen molar-refractivity contribution in [2.75, 3.05) is 0 Å². The molecule has 0 bridgehead atoms. The smallest absolute Gasteiger partial charge is 0.0365 e. The van der Waals surface area contributed by atoms with E-state index >= 15 is 0 Å². The van der Waals surface area contributed by atoms with Gasteiger partial charge in [0.2, 0.25) is 0 Å². The van der Waals surface area contributed by atoms with Crippen LogP contribution in [0.15, 0.2) is 18.2 Å². The van der Waals surface area contributed by atoms with Crippen molar-refractivity contribution in [3.05, 3.63) is 34.9 Å². The zero-order chi connectivity index (χ0) is 10.8. The van der Waals surface area contributed by atoms with Crippen molar-refractivity contribution in [1.82, 2.24) is 5.32 Å². The third-order valence-electron chi connectivity index (χ3n) is 3.29. The van der Waals surface area contributed by atoms with Gasteiger partial charge < -0.3 is 5.32 Å². The quantitative estimate of drug-likeness (QED) is 0.777. The molecule has 0 aliphatic heterocycles. The first-order valence-corrected chi connectivity index (χ1v) is 6.03. The van der Waals surface area contributed by atoms with Crippen LogP contribution in [-0.4, -0.2) is 11.4 Å². The molecular formula is C13H18ClN. The number of benzene rings is 1. The van der Waals surface area contributed by atoms with E-state index in [1.165, 1.54) is 16.7 Å². The minimum Gasteiger partial charge on any atom is -0.310 e. The summed E-state index contributed by atoms with van der Waals surface area (Å²) < 4.78 is 0. The molecule has 82 valence electrons. The number of halogens is 1. The lowest BCUT2D eigenvalue weighted by Gasteiger charge is -2.32. The molecule has 0 amide bonds. The van der Waals surface area contributed by atoms with Crippen molar-refractivity contribution < 1.29 is 0 Å². The fraction of sp³-hybridized carbons (Fsp3) is 0.538. The van der Waals surface area contributed by atoms with Crippen LogP contribution in [0.4, 0.5) is 0 Å². The predicted molar refractivity (Wildman–Crippen MR) is 65.4 cm³/mol. The molecule has 1 aliphatic carbocycles. The Morgan fingerprint density at radius 3 is 2.40 bits per heavy atom. The fourth-order valence-electron chi connectivity index (χ4n) is 2.09. The van der Waals surface area contributed by atoms with Crippen molar-refractivity contribution in [3.63, 3.8) is 0 Å². The second-order valence-corrected chi connectivity index (χ2v) is 5.13. The molecule has 0 aromatic heterocycles. The Labute approximate surface area is 96.8 Å². The van der Waals surface area contributed by atoms with E-state index < -0.39 is 0 Å². The van der Waals surface area contributed by atoms with Gasteiger partial charge in [0.15, 0.2) is 0 Å². The summed E-state index contributed by atoms with van der Waals surface area (Å²) in [7, 11) is 0. The molecule has 1 aliphatic rings. The lowest BCUT2D eigenvalue weighted by Crippen LogP contribution is -2.41. The summed E-state index contributed by atoms with van der Waals surface area (Å²) >= 11 is 5.95.